The van der Waals surface area contributed by atoms with Gasteiger partial charge in [0.05, 0.1) is 23.1 Å². The normalized spacial score (nSPS) is 25.7. The highest BCUT2D eigenvalue weighted by molar-refractivity contribution is 6.25. The molecule has 146 valence electrons. The number of hydrogen-bond acceptors (Lipinski definition) is 3. The van der Waals surface area contributed by atoms with Crippen LogP contribution in [0.5, 0.6) is 0 Å². The van der Waals surface area contributed by atoms with E-state index in [1.54, 1.807) is 18.2 Å². The third-order valence-corrected chi connectivity index (χ3v) is 6.82. The van der Waals surface area contributed by atoms with Crippen molar-refractivity contribution >= 4 is 23.5 Å². The number of nitrogens with zero attached hydrogens (tertiary/aromatic N) is 1. The van der Waals surface area contributed by atoms with Gasteiger partial charge < -0.3 is 5.11 Å². The van der Waals surface area contributed by atoms with Gasteiger partial charge in [-0.1, -0.05) is 60.7 Å². The molecule has 3 aromatic carbocycles. The van der Waals surface area contributed by atoms with E-state index in [-0.39, 0.29) is 34.9 Å². The lowest BCUT2D eigenvalue weighted by Gasteiger charge is -2.45. The van der Waals surface area contributed by atoms with Crippen LogP contribution >= 0.6 is 0 Å². The first-order valence-corrected chi connectivity index (χ1v) is 9.97. The fraction of sp³-hybridized carbons (Fsp3) is 0.160. The smallest absolute Gasteiger partial charge is 0.337 e. The van der Waals surface area contributed by atoms with Crippen molar-refractivity contribution in [1.82, 2.24) is 0 Å². The summed E-state index contributed by atoms with van der Waals surface area (Å²) in [5.41, 5.74) is 4.49. The van der Waals surface area contributed by atoms with Crippen molar-refractivity contribution in [2.24, 2.45) is 11.8 Å². The van der Waals surface area contributed by atoms with E-state index in [2.05, 4.69) is 0 Å². The van der Waals surface area contributed by atoms with Crippen molar-refractivity contribution in [2.45, 2.75) is 11.8 Å². The summed E-state index contributed by atoms with van der Waals surface area (Å²) >= 11 is 0. The van der Waals surface area contributed by atoms with E-state index >= 15 is 0 Å². The van der Waals surface area contributed by atoms with E-state index < -0.39 is 17.8 Å². The maximum Gasteiger partial charge on any atom is 0.337 e. The van der Waals surface area contributed by atoms with E-state index in [4.69, 9.17) is 0 Å². The van der Waals surface area contributed by atoms with Gasteiger partial charge in [0.15, 0.2) is 0 Å². The Balaban J connectivity index is 1.58. The molecule has 0 saturated carbocycles. The Morgan fingerprint density at radius 1 is 0.667 bits per heavy atom. The van der Waals surface area contributed by atoms with E-state index in [0.29, 0.717) is 0 Å². The quantitative estimate of drug-likeness (QED) is 0.670. The molecule has 2 amide bonds. The summed E-state index contributed by atoms with van der Waals surface area (Å²) in [4.78, 5) is 40.2. The van der Waals surface area contributed by atoms with Crippen LogP contribution in [0, 0.1) is 11.8 Å². The SMILES string of the molecule is O=C(O)c1ccccc1N1C(=O)[C@H]2C3c4ccccc4C(c4ccccc43)[C@@H]2C1=O. The number of carboxylic acids is 1. The summed E-state index contributed by atoms with van der Waals surface area (Å²) in [6.45, 7) is 0. The summed E-state index contributed by atoms with van der Waals surface area (Å²) in [7, 11) is 0. The molecule has 0 aromatic heterocycles. The third kappa shape index (κ3) is 1.99. The number of imide groups is 1. The van der Waals surface area contributed by atoms with E-state index in [0.717, 1.165) is 27.2 Å². The largest absolute Gasteiger partial charge is 0.478 e. The van der Waals surface area contributed by atoms with Gasteiger partial charge in [0, 0.05) is 11.8 Å². The number of carboxylic acid groups (broad SMARTS) is 1. The Hall–Kier alpha value is -3.73. The number of hydrogen-bond donors (Lipinski definition) is 1. The molecular weight excluding hydrogens is 378 g/mol. The number of rotatable bonds is 2. The zero-order valence-electron chi connectivity index (χ0n) is 15.9. The van der Waals surface area contributed by atoms with E-state index in [1.807, 2.05) is 48.5 Å². The zero-order valence-corrected chi connectivity index (χ0v) is 15.9. The first-order valence-electron chi connectivity index (χ1n) is 9.97. The van der Waals surface area contributed by atoms with Crippen LogP contribution in [0.3, 0.4) is 0 Å². The summed E-state index contributed by atoms with van der Waals surface area (Å²) in [6, 6.07) is 22.3. The summed E-state index contributed by atoms with van der Waals surface area (Å²) < 4.78 is 0. The van der Waals surface area contributed by atoms with Crippen LogP contribution in [0.25, 0.3) is 0 Å². The average Bonchev–Trinajstić information content (AvgIpc) is 3.04. The van der Waals surface area contributed by atoms with Crippen LogP contribution in [0.1, 0.15) is 44.4 Å². The minimum Gasteiger partial charge on any atom is -0.478 e. The maximum absolute atomic E-state index is 13.6. The van der Waals surface area contributed by atoms with E-state index in [1.165, 1.54) is 6.07 Å². The van der Waals surface area contributed by atoms with Crippen molar-refractivity contribution in [1.29, 1.82) is 0 Å². The minimum atomic E-state index is -1.16. The summed E-state index contributed by atoms with van der Waals surface area (Å²) in [5, 5.41) is 9.61. The molecule has 1 aliphatic heterocycles. The fourth-order valence-corrected chi connectivity index (χ4v) is 5.76. The van der Waals surface area contributed by atoms with Crippen molar-refractivity contribution in [3.8, 4) is 0 Å². The molecule has 5 nitrogen and oxygen atoms in total. The van der Waals surface area contributed by atoms with Crippen LogP contribution in [0.15, 0.2) is 72.8 Å². The van der Waals surface area contributed by atoms with Crippen molar-refractivity contribution in [3.63, 3.8) is 0 Å². The molecule has 0 spiro atoms. The second-order valence-corrected chi connectivity index (χ2v) is 8.10. The predicted octanol–water partition coefficient (Wildman–Crippen LogP) is 3.78. The number of amides is 2. The van der Waals surface area contributed by atoms with Gasteiger partial charge in [-0.15, -0.1) is 0 Å². The lowest BCUT2D eigenvalue weighted by molar-refractivity contribution is -0.122. The van der Waals surface area contributed by atoms with Crippen LogP contribution in [0.4, 0.5) is 5.69 Å². The van der Waals surface area contributed by atoms with Crippen LogP contribution in [-0.2, 0) is 9.59 Å². The third-order valence-electron chi connectivity index (χ3n) is 6.82. The zero-order chi connectivity index (χ0) is 20.6. The molecule has 1 N–H and O–H groups in total. The topological polar surface area (TPSA) is 74.7 Å². The number of carbonyl (C=O) groups excluding carboxylic acids is 2. The highest BCUT2D eigenvalue weighted by Gasteiger charge is 2.62. The standard InChI is InChI=1S/C25H17NO4/c27-23-21-19-13-7-1-2-8-14(13)20(16-10-4-3-9-15(16)19)22(21)24(28)26(23)18-12-6-5-11-17(18)25(29)30/h1-12,19-22H,(H,29,30)/t19?,20?,21-,22-/m0/s1. The minimum absolute atomic E-state index is 0.0415. The first-order chi connectivity index (χ1) is 14.6. The molecule has 0 unspecified atom stereocenters. The van der Waals surface area contributed by atoms with Crippen LogP contribution < -0.4 is 4.90 Å². The number of para-hydroxylation sites is 1. The molecule has 4 aliphatic rings. The van der Waals surface area contributed by atoms with Gasteiger partial charge in [0.2, 0.25) is 11.8 Å². The maximum atomic E-state index is 13.6. The Kier molecular flexibility index (Phi) is 3.37. The molecule has 2 atom stereocenters. The molecule has 1 saturated heterocycles. The van der Waals surface area contributed by atoms with E-state index in [9.17, 15) is 19.5 Å². The van der Waals surface area contributed by atoms with Crippen molar-refractivity contribution in [2.75, 3.05) is 4.90 Å². The molecular formula is C25H17NO4. The molecule has 1 fully saturated rings. The Labute approximate surface area is 172 Å². The van der Waals surface area contributed by atoms with Gasteiger partial charge >= 0.3 is 5.97 Å². The molecule has 0 radical (unpaired) electrons. The Morgan fingerprint density at radius 3 is 1.50 bits per heavy atom. The van der Waals surface area contributed by atoms with Gasteiger partial charge in [-0.05, 0) is 34.4 Å². The Bertz CT molecular complexity index is 1150. The predicted molar refractivity (Wildman–Crippen MR) is 109 cm³/mol. The van der Waals surface area contributed by atoms with Gasteiger partial charge in [-0.2, -0.15) is 0 Å². The van der Waals surface area contributed by atoms with Gasteiger partial charge in [-0.25, -0.2) is 9.69 Å². The molecule has 5 heteroatoms. The number of carbonyl (C=O) groups is 3. The summed E-state index contributed by atoms with van der Waals surface area (Å²) in [5.74, 6) is -3.22. The second-order valence-electron chi connectivity index (χ2n) is 8.10. The molecule has 30 heavy (non-hydrogen) atoms. The molecule has 1 heterocycles. The van der Waals surface area contributed by atoms with Crippen molar-refractivity contribution < 1.29 is 19.5 Å². The molecule has 2 bridgehead atoms. The van der Waals surface area contributed by atoms with Crippen LogP contribution in [0.2, 0.25) is 0 Å². The number of benzene rings is 3. The first kappa shape index (κ1) is 17.2. The molecule has 3 aliphatic carbocycles. The Morgan fingerprint density at radius 2 is 1.07 bits per heavy atom. The number of aromatic carboxylic acids is 1. The fourth-order valence-electron chi connectivity index (χ4n) is 5.76. The van der Waals surface area contributed by atoms with Gasteiger partial charge in [-0.3, -0.25) is 9.59 Å². The van der Waals surface area contributed by atoms with Crippen LogP contribution in [-0.4, -0.2) is 22.9 Å². The lowest BCUT2D eigenvalue weighted by atomic mass is 9.55. The second kappa shape index (κ2) is 5.89. The average molecular weight is 395 g/mol. The highest BCUT2D eigenvalue weighted by atomic mass is 16.4. The summed E-state index contributed by atoms with van der Waals surface area (Å²) in [6.07, 6.45) is 0. The number of anilines is 1. The highest BCUT2D eigenvalue weighted by Crippen LogP contribution is 2.61. The van der Waals surface area contributed by atoms with Crippen molar-refractivity contribution in [3.05, 3.63) is 101 Å². The molecule has 3 aromatic rings. The lowest BCUT2D eigenvalue weighted by Crippen LogP contribution is -2.41. The van der Waals surface area contributed by atoms with Gasteiger partial charge in [0.1, 0.15) is 0 Å². The van der Waals surface area contributed by atoms with Gasteiger partial charge in [0.25, 0.3) is 0 Å². The molecule has 7 rings (SSSR count). The monoisotopic (exact) mass is 395 g/mol.